The molecule has 1 fully saturated rings. The molecule has 0 spiro atoms. The molecule has 1 saturated heterocycles. The van der Waals surface area contributed by atoms with E-state index in [1.807, 2.05) is 6.07 Å². The Bertz CT molecular complexity index is 386. The van der Waals surface area contributed by atoms with E-state index in [1.165, 1.54) is 24.2 Å². The highest BCUT2D eigenvalue weighted by Crippen LogP contribution is 2.20. The molecular weight excluding hydrogens is 236 g/mol. The number of thiophene rings is 1. The van der Waals surface area contributed by atoms with Crippen molar-refractivity contribution >= 4 is 17.3 Å². The molecule has 0 radical (unpaired) electrons. The van der Waals surface area contributed by atoms with Crippen LogP contribution in [-0.4, -0.2) is 42.2 Å². The number of carbonyl (C=O) groups is 1. The predicted octanol–water partition coefficient (Wildman–Crippen LogP) is 1.63. The van der Waals surface area contributed by atoms with Gasteiger partial charge in [-0.3, -0.25) is 4.90 Å². The summed E-state index contributed by atoms with van der Waals surface area (Å²) in [5.41, 5.74) is 0. The van der Waals surface area contributed by atoms with E-state index in [-0.39, 0.29) is 0 Å². The van der Waals surface area contributed by atoms with Gasteiger partial charge in [-0.2, -0.15) is 0 Å². The van der Waals surface area contributed by atoms with Crippen LogP contribution in [0.3, 0.4) is 0 Å². The normalized spacial score (nSPS) is 17.5. The standard InChI is InChI=1S/C12H18N2O2S/c1-14(9-4-6-13-7-5-9)8-10-2-3-11(17-10)12(15)16/h2-3,9,13H,4-8H2,1H3,(H,15,16). The van der Waals surface area contributed by atoms with Crippen LogP contribution in [0.2, 0.25) is 0 Å². The molecule has 0 aromatic carbocycles. The number of hydrogen-bond donors (Lipinski definition) is 2. The Balaban J connectivity index is 1.92. The van der Waals surface area contributed by atoms with Crippen LogP contribution in [0.5, 0.6) is 0 Å². The number of rotatable bonds is 4. The zero-order chi connectivity index (χ0) is 12.3. The molecule has 1 aromatic rings. The monoisotopic (exact) mass is 254 g/mol. The Labute approximate surface area is 105 Å². The lowest BCUT2D eigenvalue weighted by Crippen LogP contribution is -2.40. The highest BCUT2D eigenvalue weighted by Gasteiger charge is 2.18. The number of carboxylic acids is 1. The van der Waals surface area contributed by atoms with Crippen molar-refractivity contribution in [1.82, 2.24) is 10.2 Å². The molecule has 0 atom stereocenters. The van der Waals surface area contributed by atoms with Gasteiger partial charge in [-0.15, -0.1) is 11.3 Å². The number of carboxylic acid groups (broad SMARTS) is 1. The fraction of sp³-hybridized carbons (Fsp3) is 0.583. The first-order valence-corrected chi connectivity index (χ1v) is 6.71. The molecule has 1 aromatic heterocycles. The minimum absolute atomic E-state index is 0.429. The van der Waals surface area contributed by atoms with Gasteiger partial charge in [0.2, 0.25) is 0 Å². The van der Waals surface area contributed by atoms with Crippen molar-refractivity contribution in [2.24, 2.45) is 0 Å². The van der Waals surface area contributed by atoms with E-state index < -0.39 is 5.97 Å². The van der Waals surface area contributed by atoms with Gasteiger partial charge in [0.1, 0.15) is 4.88 Å². The average molecular weight is 254 g/mol. The first-order valence-electron chi connectivity index (χ1n) is 5.90. The topological polar surface area (TPSA) is 52.6 Å². The van der Waals surface area contributed by atoms with Gasteiger partial charge in [0, 0.05) is 17.5 Å². The van der Waals surface area contributed by atoms with Gasteiger partial charge in [-0.05, 0) is 45.1 Å². The van der Waals surface area contributed by atoms with Crippen molar-refractivity contribution in [3.05, 3.63) is 21.9 Å². The maximum absolute atomic E-state index is 10.8. The SMILES string of the molecule is CN(Cc1ccc(C(=O)O)s1)C1CCNCC1. The van der Waals surface area contributed by atoms with Crippen LogP contribution < -0.4 is 5.32 Å². The first-order chi connectivity index (χ1) is 8.16. The molecule has 0 aliphatic carbocycles. The van der Waals surface area contributed by atoms with Crippen molar-refractivity contribution in [1.29, 1.82) is 0 Å². The fourth-order valence-corrected chi connectivity index (χ4v) is 3.11. The minimum atomic E-state index is -0.828. The maximum Gasteiger partial charge on any atom is 0.345 e. The van der Waals surface area contributed by atoms with Crippen molar-refractivity contribution in [3.63, 3.8) is 0 Å². The molecule has 94 valence electrons. The lowest BCUT2D eigenvalue weighted by molar-refractivity contribution is 0.0702. The summed E-state index contributed by atoms with van der Waals surface area (Å²) in [5, 5.41) is 12.2. The fourth-order valence-electron chi connectivity index (χ4n) is 2.20. The third-order valence-electron chi connectivity index (χ3n) is 3.21. The summed E-state index contributed by atoms with van der Waals surface area (Å²) >= 11 is 1.38. The molecule has 1 aliphatic rings. The lowest BCUT2D eigenvalue weighted by atomic mass is 10.1. The van der Waals surface area contributed by atoms with Gasteiger partial charge >= 0.3 is 5.97 Å². The predicted molar refractivity (Wildman–Crippen MR) is 68.6 cm³/mol. The summed E-state index contributed by atoms with van der Waals surface area (Å²) in [6.45, 7) is 3.02. The summed E-state index contributed by atoms with van der Waals surface area (Å²) in [5.74, 6) is -0.828. The Kier molecular flexibility index (Phi) is 4.15. The van der Waals surface area contributed by atoms with E-state index in [9.17, 15) is 4.79 Å². The van der Waals surface area contributed by atoms with Crippen LogP contribution in [-0.2, 0) is 6.54 Å². The van der Waals surface area contributed by atoms with E-state index >= 15 is 0 Å². The Morgan fingerprint density at radius 2 is 2.24 bits per heavy atom. The van der Waals surface area contributed by atoms with Crippen LogP contribution in [0.25, 0.3) is 0 Å². The molecule has 5 heteroatoms. The van der Waals surface area contributed by atoms with Crippen molar-refractivity contribution < 1.29 is 9.90 Å². The van der Waals surface area contributed by atoms with Gasteiger partial charge in [0.15, 0.2) is 0 Å². The van der Waals surface area contributed by atoms with Crippen LogP contribution in [0, 0.1) is 0 Å². The molecule has 0 saturated carbocycles. The maximum atomic E-state index is 10.8. The largest absolute Gasteiger partial charge is 0.477 e. The highest BCUT2D eigenvalue weighted by molar-refractivity contribution is 7.13. The van der Waals surface area contributed by atoms with Crippen LogP contribution in [0.4, 0.5) is 0 Å². The van der Waals surface area contributed by atoms with Gasteiger partial charge < -0.3 is 10.4 Å². The first kappa shape index (κ1) is 12.5. The van der Waals surface area contributed by atoms with E-state index in [0.29, 0.717) is 10.9 Å². The molecule has 4 nitrogen and oxygen atoms in total. The number of nitrogens with zero attached hydrogens (tertiary/aromatic N) is 1. The molecule has 17 heavy (non-hydrogen) atoms. The summed E-state index contributed by atoms with van der Waals surface area (Å²) < 4.78 is 0. The number of piperidine rings is 1. The van der Waals surface area contributed by atoms with Gasteiger partial charge in [-0.1, -0.05) is 0 Å². The van der Waals surface area contributed by atoms with E-state index in [4.69, 9.17) is 5.11 Å². The summed E-state index contributed by atoms with van der Waals surface area (Å²) in [7, 11) is 2.12. The van der Waals surface area contributed by atoms with Gasteiger partial charge in [0.25, 0.3) is 0 Å². The summed E-state index contributed by atoms with van der Waals surface area (Å²) in [6.07, 6.45) is 2.35. The molecule has 2 heterocycles. The van der Waals surface area contributed by atoms with Gasteiger partial charge in [0.05, 0.1) is 0 Å². The third kappa shape index (κ3) is 3.28. The number of hydrogen-bond acceptors (Lipinski definition) is 4. The third-order valence-corrected chi connectivity index (χ3v) is 4.27. The van der Waals surface area contributed by atoms with E-state index in [0.717, 1.165) is 24.5 Å². The van der Waals surface area contributed by atoms with Crippen LogP contribution in [0.15, 0.2) is 12.1 Å². The number of aromatic carboxylic acids is 1. The van der Waals surface area contributed by atoms with Crippen LogP contribution >= 0.6 is 11.3 Å². The Morgan fingerprint density at radius 3 is 2.82 bits per heavy atom. The Morgan fingerprint density at radius 1 is 1.53 bits per heavy atom. The number of nitrogens with one attached hydrogen (secondary N) is 1. The second kappa shape index (κ2) is 5.62. The molecule has 1 aliphatic heterocycles. The molecule has 2 N–H and O–H groups in total. The quantitative estimate of drug-likeness (QED) is 0.857. The van der Waals surface area contributed by atoms with E-state index in [1.54, 1.807) is 6.07 Å². The minimum Gasteiger partial charge on any atom is -0.477 e. The second-order valence-corrected chi connectivity index (χ2v) is 5.64. The van der Waals surface area contributed by atoms with Crippen molar-refractivity contribution in [2.75, 3.05) is 20.1 Å². The Hall–Kier alpha value is -0.910. The molecular formula is C12H18N2O2S. The van der Waals surface area contributed by atoms with E-state index in [2.05, 4.69) is 17.3 Å². The molecule has 2 rings (SSSR count). The lowest BCUT2D eigenvalue weighted by Gasteiger charge is -2.31. The van der Waals surface area contributed by atoms with Crippen LogP contribution in [0.1, 0.15) is 27.4 Å². The zero-order valence-electron chi connectivity index (χ0n) is 9.98. The second-order valence-electron chi connectivity index (χ2n) is 4.47. The highest BCUT2D eigenvalue weighted by atomic mass is 32.1. The smallest absolute Gasteiger partial charge is 0.345 e. The van der Waals surface area contributed by atoms with Crippen molar-refractivity contribution in [3.8, 4) is 0 Å². The van der Waals surface area contributed by atoms with Gasteiger partial charge in [-0.25, -0.2) is 4.79 Å². The average Bonchev–Trinajstić information content (AvgIpc) is 2.79. The zero-order valence-corrected chi connectivity index (χ0v) is 10.8. The molecule has 0 bridgehead atoms. The summed E-state index contributed by atoms with van der Waals surface area (Å²) in [4.78, 5) is 14.7. The molecule has 0 amide bonds. The summed E-state index contributed by atoms with van der Waals surface area (Å²) in [6, 6.07) is 4.23. The van der Waals surface area contributed by atoms with Crippen molar-refractivity contribution in [2.45, 2.75) is 25.4 Å². The molecule has 0 unspecified atom stereocenters.